The fourth-order valence-electron chi connectivity index (χ4n) is 5.56. The van der Waals surface area contributed by atoms with E-state index in [0.717, 1.165) is 63.9 Å². The van der Waals surface area contributed by atoms with Crippen molar-refractivity contribution in [2.75, 3.05) is 32.0 Å². The van der Waals surface area contributed by atoms with Crippen LogP contribution in [-0.4, -0.2) is 51.8 Å². The van der Waals surface area contributed by atoms with Crippen molar-refractivity contribution in [2.24, 2.45) is 11.8 Å². The van der Waals surface area contributed by atoms with Crippen LogP contribution >= 0.6 is 0 Å². The number of piperidine rings is 1. The SMILES string of the molecule is Nc1ncc(-c2cn([C@@H]3[C@@H]4CN(C5CCOCC5)C[C@@H]43)c(C3CC3)n2)cc1C(F)(F)F. The third-order valence-electron chi connectivity index (χ3n) is 7.43. The molecule has 4 fully saturated rings. The summed E-state index contributed by atoms with van der Waals surface area (Å²) < 4.78 is 47.6. The predicted octanol–water partition coefficient (Wildman–Crippen LogP) is 3.71. The summed E-state index contributed by atoms with van der Waals surface area (Å²) in [7, 11) is 0. The zero-order chi connectivity index (χ0) is 21.3. The molecular formula is C22H26F3N5O. The number of alkyl halides is 3. The van der Waals surface area contributed by atoms with Gasteiger partial charge in [0.15, 0.2) is 0 Å². The van der Waals surface area contributed by atoms with Crippen LogP contribution in [0.4, 0.5) is 19.0 Å². The normalized spacial score (nSPS) is 29.3. The number of ether oxygens (including phenoxy) is 1. The molecule has 9 heteroatoms. The molecule has 2 aromatic rings. The highest BCUT2D eigenvalue weighted by atomic mass is 19.4. The van der Waals surface area contributed by atoms with Gasteiger partial charge >= 0.3 is 6.18 Å². The molecule has 166 valence electrons. The fourth-order valence-corrected chi connectivity index (χ4v) is 5.56. The van der Waals surface area contributed by atoms with Crippen molar-refractivity contribution in [3.63, 3.8) is 0 Å². The second-order valence-corrected chi connectivity index (χ2v) is 9.44. The summed E-state index contributed by atoms with van der Waals surface area (Å²) in [5.41, 5.74) is 5.51. The minimum Gasteiger partial charge on any atom is -0.383 e. The van der Waals surface area contributed by atoms with Crippen molar-refractivity contribution in [1.29, 1.82) is 0 Å². The molecule has 0 unspecified atom stereocenters. The van der Waals surface area contributed by atoms with Gasteiger partial charge in [0.25, 0.3) is 0 Å². The largest absolute Gasteiger partial charge is 0.419 e. The van der Waals surface area contributed by atoms with Gasteiger partial charge in [-0.05, 0) is 43.6 Å². The first-order valence-corrected chi connectivity index (χ1v) is 11.1. The molecule has 2 saturated heterocycles. The molecule has 0 bridgehead atoms. The quantitative estimate of drug-likeness (QED) is 0.796. The van der Waals surface area contributed by atoms with Crippen molar-refractivity contribution in [2.45, 2.75) is 49.9 Å². The van der Waals surface area contributed by atoms with Crippen LogP contribution in [0, 0.1) is 11.8 Å². The highest BCUT2D eigenvalue weighted by molar-refractivity contribution is 5.62. The number of nitrogens with zero attached hydrogens (tertiary/aromatic N) is 4. The van der Waals surface area contributed by atoms with Crippen LogP contribution in [-0.2, 0) is 10.9 Å². The zero-order valence-electron chi connectivity index (χ0n) is 17.2. The van der Waals surface area contributed by atoms with Crippen LogP contribution in [0.15, 0.2) is 18.5 Å². The van der Waals surface area contributed by atoms with E-state index in [1.807, 2.05) is 6.20 Å². The Balaban J connectivity index is 1.25. The van der Waals surface area contributed by atoms with Crippen molar-refractivity contribution in [1.82, 2.24) is 19.4 Å². The monoisotopic (exact) mass is 433 g/mol. The second kappa shape index (κ2) is 6.93. The number of imidazole rings is 1. The van der Waals surface area contributed by atoms with E-state index in [9.17, 15) is 13.2 Å². The first-order chi connectivity index (χ1) is 14.9. The van der Waals surface area contributed by atoms with Gasteiger partial charge in [0.05, 0.1) is 11.3 Å². The molecule has 0 spiro atoms. The summed E-state index contributed by atoms with van der Waals surface area (Å²) in [5.74, 6) is 2.17. The highest BCUT2D eigenvalue weighted by Gasteiger charge is 2.58. The van der Waals surface area contributed by atoms with E-state index in [2.05, 4.69) is 14.5 Å². The van der Waals surface area contributed by atoms with E-state index >= 15 is 0 Å². The molecule has 6 nitrogen and oxygen atoms in total. The van der Waals surface area contributed by atoms with Crippen LogP contribution in [0.25, 0.3) is 11.3 Å². The smallest absolute Gasteiger partial charge is 0.383 e. The lowest BCUT2D eigenvalue weighted by Gasteiger charge is -2.32. The molecule has 2 aliphatic heterocycles. The van der Waals surface area contributed by atoms with Crippen molar-refractivity contribution < 1.29 is 17.9 Å². The lowest BCUT2D eigenvalue weighted by atomic mass is 10.1. The average Bonchev–Trinajstić information content (AvgIpc) is 3.62. The first kappa shape index (κ1) is 19.5. The minimum atomic E-state index is -4.53. The van der Waals surface area contributed by atoms with Gasteiger partial charge in [-0.2, -0.15) is 13.2 Å². The Bertz CT molecular complexity index is 984. The van der Waals surface area contributed by atoms with Crippen LogP contribution in [0.5, 0.6) is 0 Å². The number of pyridine rings is 1. The number of nitrogen functional groups attached to an aromatic ring is 1. The molecule has 0 aromatic carbocycles. The maximum Gasteiger partial charge on any atom is 0.419 e. The highest BCUT2D eigenvalue weighted by Crippen LogP contribution is 2.58. The van der Waals surface area contributed by atoms with Gasteiger partial charge in [-0.1, -0.05) is 0 Å². The summed E-state index contributed by atoms with van der Waals surface area (Å²) in [6.07, 6.45) is 3.23. The number of hydrogen-bond acceptors (Lipinski definition) is 5. The van der Waals surface area contributed by atoms with Gasteiger partial charge in [0, 0.05) is 62.3 Å². The zero-order valence-corrected chi connectivity index (χ0v) is 17.2. The Hall–Kier alpha value is -2.13. The Labute approximate surface area is 178 Å². The van der Waals surface area contributed by atoms with E-state index in [-0.39, 0.29) is 0 Å². The number of likely N-dealkylation sites (tertiary alicyclic amines) is 1. The third kappa shape index (κ3) is 3.42. The van der Waals surface area contributed by atoms with E-state index in [1.54, 1.807) is 0 Å². The van der Waals surface area contributed by atoms with Crippen LogP contribution in [0.3, 0.4) is 0 Å². The van der Waals surface area contributed by atoms with Gasteiger partial charge in [-0.25, -0.2) is 9.97 Å². The number of rotatable bonds is 4. The molecule has 4 aliphatic rings. The molecule has 2 aliphatic carbocycles. The molecule has 2 saturated carbocycles. The van der Waals surface area contributed by atoms with Gasteiger partial charge in [0.1, 0.15) is 11.6 Å². The number of aromatic nitrogens is 3. The minimum absolute atomic E-state index is 0.372. The molecule has 3 atom stereocenters. The first-order valence-electron chi connectivity index (χ1n) is 11.1. The third-order valence-corrected chi connectivity index (χ3v) is 7.43. The van der Waals surface area contributed by atoms with Gasteiger partial charge in [0.2, 0.25) is 0 Å². The molecule has 4 heterocycles. The standard InChI is InChI=1S/C22H26F3N5O/c23-22(24,25)17-7-13(8-27-20(17)26)18-11-30(21(28-18)12-1-2-12)19-15-9-29(10-16(15)19)14-3-5-31-6-4-14/h7-8,11-12,14-16,19H,1-6,9-10H2,(H2,26,27)/t15-,16+,19-. The van der Waals surface area contributed by atoms with E-state index in [0.29, 0.717) is 41.1 Å². The average molecular weight is 433 g/mol. The number of fused-ring (bicyclic) bond motifs is 1. The van der Waals surface area contributed by atoms with Crippen molar-refractivity contribution >= 4 is 5.82 Å². The summed E-state index contributed by atoms with van der Waals surface area (Å²) in [5, 5.41) is 0. The molecule has 31 heavy (non-hydrogen) atoms. The Morgan fingerprint density at radius 3 is 2.42 bits per heavy atom. The predicted molar refractivity (Wildman–Crippen MR) is 108 cm³/mol. The number of hydrogen-bond donors (Lipinski definition) is 1. The number of halogens is 3. The molecular weight excluding hydrogens is 407 g/mol. The second-order valence-electron chi connectivity index (χ2n) is 9.44. The summed E-state index contributed by atoms with van der Waals surface area (Å²) >= 11 is 0. The Morgan fingerprint density at radius 1 is 1.06 bits per heavy atom. The molecule has 2 N–H and O–H groups in total. The molecule has 6 rings (SSSR count). The summed E-state index contributed by atoms with van der Waals surface area (Å²) in [6.45, 7) is 3.90. The maximum atomic E-state index is 13.3. The Morgan fingerprint density at radius 2 is 1.77 bits per heavy atom. The van der Waals surface area contributed by atoms with E-state index in [1.165, 1.54) is 6.20 Å². The lowest BCUT2D eigenvalue weighted by Crippen LogP contribution is -2.39. The Kier molecular flexibility index (Phi) is 4.37. The fraction of sp³-hybridized carbons (Fsp3) is 0.636. The van der Waals surface area contributed by atoms with Gasteiger partial charge in [-0.3, -0.25) is 4.90 Å². The molecule has 2 aromatic heterocycles. The maximum absolute atomic E-state index is 13.3. The van der Waals surface area contributed by atoms with Crippen molar-refractivity contribution in [3.05, 3.63) is 29.8 Å². The van der Waals surface area contributed by atoms with E-state index in [4.69, 9.17) is 15.5 Å². The van der Waals surface area contributed by atoms with Crippen molar-refractivity contribution in [3.8, 4) is 11.3 Å². The van der Waals surface area contributed by atoms with Gasteiger partial charge in [-0.15, -0.1) is 0 Å². The number of anilines is 1. The van der Waals surface area contributed by atoms with Crippen LogP contribution in [0.2, 0.25) is 0 Å². The molecule has 0 radical (unpaired) electrons. The topological polar surface area (TPSA) is 69.2 Å². The molecule has 0 amide bonds. The lowest BCUT2D eigenvalue weighted by molar-refractivity contribution is -0.137. The summed E-state index contributed by atoms with van der Waals surface area (Å²) in [6, 6.07) is 2.12. The van der Waals surface area contributed by atoms with Gasteiger partial charge < -0.3 is 15.0 Å². The number of nitrogens with two attached hydrogens (primary N) is 1. The van der Waals surface area contributed by atoms with Crippen LogP contribution in [0.1, 0.15) is 49.0 Å². The van der Waals surface area contributed by atoms with Crippen LogP contribution < -0.4 is 5.73 Å². The van der Waals surface area contributed by atoms with E-state index < -0.39 is 17.6 Å². The summed E-state index contributed by atoms with van der Waals surface area (Å²) in [4.78, 5) is 11.2.